The molecule has 0 bridgehead atoms. The summed E-state index contributed by atoms with van der Waals surface area (Å²) in [6.07, 6.45) is -5.33. The standard InChI is InChI=1S/C18H15F3N2O2S2/c1-17(2,25-15(22)24)11-7-12(14-13(8-11)27-16(26)23-14)9-3-5-10(6-4-9)18(19,20)21/h3-8H,1-2H3,(H2,22,24)(H,23,26). The highest BCUT2D eigenvalue weighted by molar-refractivity contribution is 7.73. The molecule has 2 aromatic carbocycles. The number of H-pyrrole nitrogens is 1. The van der Waals surface area contributed by atoms with Crippen molar-refractivity contribution in [2.45, 2.75) is 25.6 Å². The van der Waals surface area contributed by atoms with Gasteiger partial charge in [0.25, 0.3) is 0 Å². The van der Waals surface area contributed by atoms with E-state index in [2.05, 4.69) is 4.98 Å². The third-order valence-corrected chi connectivity index (χ3v) is 5.29. The second-order valence-corrected chi connectivity index (χ2v) is 8.14. The number of rotatable bonds is 3. The number of nitrogens with one attached hydrogen (secondary N) is 1. The molecule has 0 unspecified atom stereocenters. The molecule has 142 valence electrons. The van der Waals surface area contributed by atoms with Gasteiger partial charge in [-0.25, -0.2) is 4.79 Å². The number of ether oxygens (including phenoxy) is 1. The summed E-state index contributed by atoms with van der Waals surface area (Å²) in [5.74, 6) is 0. The molecule has 3 aromatic rings. The summed E-state index contributed by atoms with van der Waals surface area (Å²) < 4.78 is 45.0. The van der Waals surface area contributed by atoms with Gasteiger partial charge in [-0.2, -0.15) is 13.2 Å². The molecule has 1 aromatic heterocycles. The van der Waals surface area contributed by atoms with Gasteiger partial charge in [0, 0.05) is 5.56 Å². The molecule has 0 radical (unpaired) electrons. The molecule has 0 atom stereocenters. The van der Waals surface area contributed by atoms with E-state index in [4.69, 9.17) is 22.7 Å². The number of halogens is 3. The van der Waals surface area contributed by atoms with Crippen LogP contribution in [0.2, 0.25) is 0 Å². The van der Waals surface area contributed by atoms with Crippen molar-refractivity contribution in [1.29, 1.82) is 0 Å². The number of carbonyl (C=O) groups excluding carboxylic acids is 1. The highest BCUT2D eigenvalue weighted by Crippen LogP contribution is 2.38. The third-order valence-electron chi connectivity index (χ3n) is 4.11. The van der Waals surface area contributed by atoms with Crippen molar-refractivity contribution in [2.24, 2.45) is 5.73 Å². The van der Waals surface area contributed by atoms with E-state index in [0.717, 1.165) is 16.8 Å². The number of carbonyl (C=O) groups is 1. The number of hydrogen-bond acceptors (Lipinski definition) is 4. The molecule has 27 heavy (non-hydrogen) atoms. The Hall–Kier alpha value is -2.39. The molecule has 3 N–H and O–H groups in total. The first-order valence-electron chi connectivity index (χ1n) is 7.81. The van der Waals surface area contributed by atoms with Gasteiger partial charge in [-0.1, -0.05) is 12.1 Å². The van der Waals surface area contributed by atoms with Gasteiger partial charge < -0.3 is 15.5 Å². The Morgan fingerprint density at radius 1 is 1.15 bits per heavy atom. The van der Waals surface area contributed by atoms with Crippen LogP contribution in [0.25, 0.3) is 21.3 Å². The number of fused-ring (bicyclic) bond motifs is 1. The van der Waals surface area contributed by atoms with Crippen LogP contribution in [0.5, 0.6) is 0 Å². The summed E-state index contributed by atoms with van der Waals surface area (Å²) in [6.45, 7) is 3.36. The van der Waals surface area contributed by atoms with Crippen LogP contribution >= 0.6 is 23.6 Å². The van der Waals surface area contributed by atoms with Gasteiger partial charge in [0.15, 0.2) is 3.95 Å². The SMILES string of the molecule is CC(C)(OC(N)=O)c1cc(-c2ccc(C(F)(F)F)cc2)c2[nH]c(=S)sc2c1. The van der Waals surface area contributed by atoms with Crippen LogP contribution in [0.15, 0.2) is 36.4 Å². The van der Waals surface area contributed by atoms with Gasteiger partial charge in [-0.05, 0) is 61.5 Å². The van der Waals surface area contributed by atoms with Gasteiger partial charge >= 0.3 is 12.3 Å². The number of primary amides is 1. The van der Waals surface area contributed by atoms with Gasteiger partial charge in [0.05, 0.1) is 15.8 Å². The smallest absolute Gasteiger partial charge is 0.416 e. The Morgan fingerprint density at radius 2 is 1.78 bits per heavy atom. The quantitative estimate of drug-likeness (QED) is 0.521. The number of hydrogen-bond donors (Lipinski definition) is 2. The van der Waals surface area contributed by atoms with E-state index in [0.29, 0.717) is 26.2 Å². The topological polar surface area (TPSA) is 68.1 Å². The van der Waals surface area contributed by atoms with E-state index in [1.807, 2.05) is 6.07 Å². The normalized spacial score (nSPS) is 12.3. The molecular formula is C18H15F3N2O2S2. The first-order valence-corrected chi connectivity index (χ1v) is 9.03. The van der Waals surface area contributed by atoms with Crippen LogP contribution in [0.3, 0.4) is 0 Å². The number of alkyl halides is 3. The van der Waals surface area contributed by atoms with Crippen LogP contribution in [-0.4, -0.2) is 11.1 Å². The Kier molecular flexibility index (Phi) is 4.77. The lowest BCUT2D eigenvalue weighted by atomic mass is 9.93. The fourth-order valence-corrected chi connectivity index (χ4v) is 3.95. The fourth-order valence-electron chi connectivity index (χ4n) is 2.78. The average molecular weight is 412 g/mol. The summed E-state index contributed by atoms with van der Waals surface area (Å²) >= 11 is 6.53. The Labute approximate surface area is 161 Å². The predicted octanol–water partition coefficient (Wildman–Crippen LogP) is 5.98. The van der Waals surface area contributed by atoms with Crippen LogP contribution in [0.4, 0.5) is 18.0 Å². The summed E-state index contributed by atoms with van der Waals surface area (Å²) in [5.41, 5.74) is 6.00. The molecule has 9 heteroatoms. The van der Waals surface area contributed by atoms with E-state index in [1.54, 1.807) is 19.9 Å². The zero-order valence-electron chi connectivity index (χ0n) is 14.3. The monoisotopic (exact) mass is 412 g/mol. The molecule has 0 fully saturated rings. The van der Waals surface area contributed by atoms with Crippen molar-refractivity contribution in [1.82, 2.24) is 4.98 Å². The van der Waals surface area contributed by atoms with Crippen molar-refractivity contribution in [3.63, 3.8) is 0 Å². The summed E-state index contributed by atoms with van der Waals surface area (Å²) in [6, 6.07) is 8.43. The zero-order valence-corrected chi connectivity index (χ0v) is 15.9. The lowest BCUT2D eigenvalue weighted by molar-refractivity contribution is -0.137. The van der Waals surface area contributed by atoms with Crippen molar-refractivity contribution in [3.05, 3.63) is 51.5 Å². The molecule has 0 aliphatic carbocycles. The zero-order chi connectivity index (χ0) is 20.0. The minimum atomic E-state index is -4.41. The number of aromatic nitrogens is 1. The van der Waals surface area contributed by atoms with Crippen LogP contribution in [-0.2, 0) is 16.5 Å². The maximum Gasteiger partial charge on any atom is 0.416 e. The second kappa shape index (κ2) is 6.65. The van der Waals surface area contributed by atoms with Gasteiger partial charge in [-0.15, -0.1) is 11.3 Å². The lowest BCUT2D eigenvalue weighted by Gasteiger charge is -2.25. The molecule has 3 rings (SSSR count). The van der Waals surface area contributed by atoms with Gasteiger partial charge in [0.1, 0.15) is 5.60 Å². The molecule has 0 saturated carbocycles. The van der Waals surface area contributed by atoms with E-state index >= 15 is 0 Å². The van der Waals surface area contributed by atoms with Crippen LogP contribution in [0, 0.1) is 3.95 Å². The average Bonchev–Trinajstić information content (AvgIpc) is 2.92. The molecular weight excluding hydrogens is 397 g/mol. The van der Waals surface area contributed by atoms with Crippen molar-refractivity contribution in [2.75, 3.05) is 0 Å². The van der Waals surface area contributed by atoms with E-state index in [1.165, 1.54) is 23.5 Å². The first kappa shape index (κ1) is 19.4. The van der Waals surface area contributed by atoms with Gasteiger partial charge in [0.2, 0.25) is 0 Å². The fraction of sp³-hybridized carbons (Fsp3) is 0.222. The number of benzene rings is 2. The van der Waals surface area contributed by atoms with E-state index in [9.17, 15) is 18.0 Å². The number of amides is 1. The van der Waals surface area contributed by atoms with Crippen molar-refractivity contribution < 1.29 is 22.7 Å². The van der Waals surface area contributed by atoms with Crippen LogP contribution < -0.4 is 5.73 Å². The minimum absolute atomic E-state index is 0.531. The summed E-state index contributed by atoms with van der Waals surface area (Å²) in [7, 11) is 0. The largest absolute Gasteiger partial charge is 0.439 e. The minimum Gasteiger partial charge on any atom is -0.439 e. The molecule has 0 spiro atoms. The van der Waals surface area contributed by atoms with Crippen LogP contribution in [0.1, 0.15) is 25.0 Å². The number of thiazole rings is 1. The first-order chi connectivity index (χ1) is 12.5. The second-order valence-electron chi connectivity index (χ2n) is 6.42. The highest BCUT2D eigenvalue weighted by Gasteiger charge is 2.30. The molecule has 4 nitrogen and oxygen atoms in total. The maximum atomic E-state index is 12.8. The number of nitrogens with two attached hydrogens (primary N) is 1. The third kappa shape index (κ3) is 3.98. The molecule has 0 aliphatic heterocycles. The molecule has 0 saturated heterocycles. The summed E-state index contributed by atoms with van der Waals surface area (Å²) in [5, 5.41) is 0. The van der Waals surface area contributed by atoms with Gasteiger partial charge in [-0.3, -0.25) is 0 Å². The lowest BCUT2D eigenvalue weighted by Crippen LogP contribution is -2.28. The Morgan fingerprint density at radius 3 is 2.33 bits per heavy atom. The Bertz CT molecular complexity index is 1070. The number of aromatic amines is 1. The van der Waals surface area contributed by atoms with E-state index in [-0.39, 0.29) is 0 Å². The Balaban J connectivity index is 2.19. The molecule has 1 amide bonds. The van der Waals surface area contributed by atoms with Crippen molar-refractivity contribution in [3.8, 4) is 11.1 Å². The predicted molar refractivity (Wildman–Crippen MR) is 101 cm³/mol. The highest BCUT2D eigenvalue weighted by atomic mass is 32.1. The van der Waals surface area contributed by atoms with Crippen molar-refractivity contribution >= 4 is 39.9 Å². The maximum absolute atomic E-state index is 12.8. The molecule has 1 heterocycles. The summed E-state index contributed by atoms with van der Waals surface area (Å²) in [4.78, 5) is 14.3. The van der Waals surface area contributed by atoms with E-state index < -0.39 is 23.4 Å². The molecule has 0 aliphatic rings.